The number of rotatable bonds is 4. The predicted molar refractivity (Wildman–Crippen MR) is 96.9 cm³/mol. The Morgan fingerprint density at radius 1 is 1.38 bits per heavy atom. The second kappa shape index (κ2) is 6.73. The van der Waals surface area contributed by atoms with Crippen molar-refractivity contribution in [2.45, 2.75) is 52.1 Å². The molecule has 0 unspecified atom stereocenters. The van der Waals surface area contributed by atoms with Gasteiger partial charge in [-0.05, 0) is 64.3 Å². The number of hydrogen-bond acceptors (Lipinski definition) is 3. The van der Waals surface area contributed by atoms with Gasteiger partial charge in [0.25, 0.3) is 0 Å². The third-order valence-corrected chi connectivity index (χ3v) is 4.88. The summed E-state index contributed by atoms with van der Waals surface area (Å²) in [4.78, 5) is 15.6. The van der Waals surface area contributed by atoms with E-state index in [0.717, 1.165) is 25.2 Å². The molecule has 1 aliphatic heterocycles. The minimum atomic E-state index is -0.917. The Morgan fingerprint density at radius 3 is 2.58 bits per heavy atom. The Balaban J connectivity index is 2.38. The number of hydrogen-bond donors (Lipinski definition) is 1. The zero-order valence-electron chi connectivity index (χ0n) is 15.7. The van der Waals surface area contributed by atoms with Crippen molar-refractivity contribution < 1.29 is 14.6 Å². The highest BCUT2D eigenvalue weighted by Crippen LogP contribution is 2.37. The Labute approximate surface area is 145 Å². The van der Waals surface area contributed by atoms with Crippen LogP contribution in [0.1, 0.15) is 45.7 Å². The first-order valence-electron chi connectivity index (χ1n) is 8.49. The third-order valence-electron chi connectivity index (χ3n) is 4.88. The van der Waals surface area contributed by atoms with Crippen molar-refractivity contribution in [3.05, 3.63) is 29.3 Å². The van der Waals surface area contributed by atoms with E-state index >= 15 is 0 Å². The van der Waals surface area contributed by atoms with Crippen LogP contribution in [0.2, 0.25) is 0 Å². The van der Waals surface area contributed by atoms with Gasteiger partial charge in [-0.2, -0.15) is 0 Å². The molecule has 1 aromatic carbocycles. The number of fused-ring (bicyclic) bond motifs is 1. The maximum atomic E-state index is 11.7. The molecular weight excluding hydrogens is 304 g/mol. The van der Waals surface area contributed by atoms with Gasteiger partial charge in [0.2, 0.25) is 0 Å². The Kier molecular flexibility index (Phi) is 5.25. The average Bonchev–Trinajstić information content (AvgIpc) is 2.44. The topological polar surface area (TPSA) is 53.0 Å². The number of methoxy groups -OCH3 is 1. The zero-order chi connectivity index (χ0) is 18.1. The maximum absolute atomic E-state index is 11.7. The summed E-state index contributed by atoms with van der Waals surface area (Å²) in [6.07, 6.45) is 0.00715. The lowest BCUT2D eigenvalue weighted by atomic mass is 9.83. The van der Waals surface area contributed by atoms with Crippen LogP contribution in [0.5, 0.6) is 0 Å². The average molecular weight is 334 g/mol. The SMILES string of the molecule is COCCN1CCc2cc(N(C(=O)O)C(C)(C)C)ccc2C1(C)C. The summed E-state index contributed by atoms with van der Waals surface area (Å²) in [7, 11) is 1.73. The van der Waals surface area contributed by atoms with Gasteiger partial charge >= 0.3 is 6.09 Å². The molecule has 1 aliphatic rings. The molecule has 2 rings (SSSR count). The van der Waals surface area contributed by atoms with E-state index in [1.807, 2.05) is 32.9 Å². The number of benzene rings is 1. The first-order valence-corrected chi connectivity index (χ1v) is 8.49. The molecule has 0 spiro atoms. The van der Waals surface area contributed by atoms with Gasteiger partial charge in [-0.15, -0.1) is 0 Å². The molecule has 0 radical (unpaired) electrons. The van der Waals surface area contributed by atoms with Gasteiger partial charge in [0.15, 0.2) is 0 Å². The van der Waals surface area contributed by atoms with E-state index in [1.54, 1.807) is 7.11 Å². The van der Waals surface area contributed by atoms with Crippen LogP contribution in [-0.4, -0.2) is 48.4 Å². The van der Waals surface area contributed by atoms with E-state index in [9.17, 15) is 9.90 Å². The number of amides is 1. The van der Waals surface area contributed by atoms with Gasteiger partial charge in [0, 0.05) is 37.0 Å². The molecule has 1 amide bonds. The molecule has 0 bridgehead atoms. The molecule has 24 heavy (non-hydrogen) atoms. The Hall–Kier alpha value is -1.59. The second-order valence-electron chi connectivity index (χ2n) is 7.92. The Bertz CT molecular complexity index is 605. The van der Waals surface area contributed by atoms with Crippen molar-refractivity contribution in [1.82, 2.24) is 4.90 Å². The Morgan fingerprint density at radius 2 is 2.04 bits per heavy atom. The standard InChI is InChI=1S/C19H30N2O3/c1-18(2,3)21(17(22)23)15-7-8-16-14(13-15)9-10-20(11-12-24-6)19(16,4)5/h7-8,13H,9-12H2,1-6H3,(H,22,23). The summed E-state index contributed by atoms with van der Waals surface area (Å²) in [5, 5.41) is 9.61. The van der Waals surface area contributed by atoms with Crippen LogP contribution >= 0.6 is 0 Å². The molecule has 0 fully saturated rings. The van der Waals surface area contributed by atoms with Gasteiger partial charge in [-0.1, -0.05) is 6.07 Å². The van der Waals surface area contributed by atoms with E-state index in [1.165, 1.54) is 16.0 Å². The molecule has 0 atom stereocenters. The molecule has 0 aliphatic carbocycles. The highest BCUT2D eigenvalue weighted by molar-refractivity contribution is 5.87. The normalized spacial score (nSPS) is 17.4. The molecule has 1 heterocycles. The van der Waals surface area contributed by atoms with Crippen molar-refractivity contribution in [3.8, 4) is 0 Å². The number of nitrogens with zero attached hydrogens (tertiary/aromatic N) is 2. The molecule has 0 saturated heterocycles. The van der Waals surface area contributed by atoms with Crippen molar-refractivity contribution in [2.24, 2.45) is 0 Å². The summed E-state index contributed by atoms with van der Waals surface area (Å²) >= 11 is 0. The summed E-state index contributed by atoms with van der Waals surface area (Å²) in [5.74, 6) is 0. The highest BCUT2D eigenvalue weighted by atomic mass is 16.5. The van der Waals surface area contributed by atoms with Crippen LogP contribution in [-0.2, 0) is 16.7 Å². The summed E-state index contributed by atoms with van der Waals surface area (Å²) in [6.45, 7) is 12.8. The van der Waals surface area contributed by atoms with Gasteiger partial charge in [-0.3, -0.25) is 9.80 Å². The highest BCUT2D eigenvalue weighted by Gasteiger charge is 2.35. The lowest BCUT2D eigenvalue weighted by Gasteiger charge is -2.44. The van der Waals surface area contributed by atoms with Crippen LogP contribution in [0.4, 0.5) is 10.5 Å². The van der Waals surface area contributed by atoms with E-state index in [4.69, 9.17) is 4.74 Å². The number of ether oxygens (including phenoxy) is 1. The number of anilines is 1. The first-order chi connectivity index (χ1) is 11.1. The van der Waals surface area contributed by atoms with Crippen LogP contribution in [0.25, 0.3) is 0 Å². The monoisotopic (exact) mass is 334 g/mol. The molecule has 134 valence electrons. The molecule has 0 aromatic heterocycles. The van der Waals surface area contributed by atoms with Crippen LogP contribution in [0, 0.1) is 0 Å². The fourth-order valence-electron chi connectivity index (χ4n) is 3.61. The number of carbonyl (C=O) groups is 1. The third kappa shape index (κ3) is 3.57. The van der Waals surface area contributed by atoms with Crippen LogP contribution in [0.15, 0.2) is 18.2 Å². The fraction of sp³-hybridized carbons (Fsp3) is 0.632. The molecule has 0 saturated carbocycles. The van der Waals surface area contributed by atoms with Crippen molar-refractivity contribution in [3.63, 3.8) is 0 Å². The van der Waals surface area contributed by atoms with Crippen LogP contribution in [0.3, 0.4) is 0 Å². The molecule has 5 nitrogen and oxygen atoms in total. The first kappa shape index (κ1) is 18.7. The summed E-state index contributed by atoms with van der Waals surface area (Å²) in [6, 6.07) is 6.06. The van der Waals surface area contributed by atoms with Crippen molar-refractivity contribution in [1.29, 1.82) is 0 Å². The molecule has 5 heteroatoms. The fourth-order valence-corrected chi connectivity index (χ4v) is 3.61. The van der Waals surface area contributed by atoms with Gasteiger partial charge in [0.05, 0.1) is 6.61 Å². The van der Waals surface area contributed by atoms with E-state index in [0.29, 0.717) is 6.61 Å². The lowest BCUT2D eigenvalue weighted by molar-refractivity contribution is 0.0677. The quantitative estimate of drug-likeness (QED) is 0.912. The minimum Gasteiger partial charge on any atom is -0.465 e. The largest absolute Gasteiger partial charge is 0.465 e. The minimum absolute atomic E-state index is 0.0829. The predicted octanol–water partition coefficient (Wildman–Crippen LogP) is 3.71. The van der Waals surface area contributed by atoms with Crippen LogP contribution < -0.4 is 4.90 Å². The van der Waals surface area contributed by atoms with Gasteiger partial charge in [-0.25, -0.2) is 4.79 Å². The smallest absolute Gasteiger partial charge is 0.412 e. The molecular formula is C19H30N2O3. The molecule has 1 aromatic rings. The van der Waals surface area contributed by atoms with E-state index in [-0.39, 0.29) is 5.54 Å². The van der Waals surface area contributed by atoms with Crippen molar-refractivity contribution in [2.75, 3.05) is 31.7 Å². The summed E-state index contributed by atoms with van der Waals surface area (Å²) < 4.78 is 5.23. The summed E-state index contributed by atoms with van der Waals surface area (Å²) in [5.41, 5.74) is 2.69. The lowest BCUT2D eigenvalue weighted by Crippen LogP contribution is -2.48. The zero-order valence-corrected chi connectivity index (χ0v) is 15.7. The molecule has 1 N–H and O–H groups in total. The number of carboxylic acid groups (broad SMARTS) is 1. The van der Waals surface area contributed by atoms with E-state index < -0.39 is 11.6 Å². The maximum Gasteiger partial charge on any atom is 0.412 e. The van der Waals surface area contributed by atoms with E-state index in [2.05, 4.69) is 24.8 Å². The van der Waals surface area contributed by atoms with Crippen molar-refractivity contribution >= 4 is 11.8 Å². The van der Waals surface area contributed by atoms with Gasteiger partial charge < -0.3 is 9.84 Å². The van der Waals surface area contributed by atoms with Gasteiger partial charge in [0.1, 0.15) is 0 Å². The second-order valence-corrected chi connectivity index (χ2v) is 7.92.